The number of carbonyl (C=O) groups excluding carboxylic acids is 1. The van der Waals surface area contributed by atoms with Gasteiger partial charge in [-0.1, -0.05) is 72.3 Å². The molecule has 1 amide bonds. The lowest BCUT2D eigenvalue weighted by molar-refractivity contribution is 0.0945. The monoisotopic (exact) mass is 625 g/mol. The predicted molar refractivity (Wildman–Crippen MR) is 164 cm³/mol. The number of benzene rings is 3. The number of hydrogen-bond donors (Lipinski definition) is 2. The van der Waals surface area contributed by atoms with Crippen LogP contribution in [0.4, 0.5) is 5.82 Å². The highest BCUT2D eigenvalue weighted by Crippen LogP contribution is 2.31. The van der Waals surface area contributed by atoms with E-state index in [0.29, 0.717) is 29.5 Å². The maximum absolute atomic E-state index is 12.8. The van der Waals surface area contributed by atoms with Crippen LogP contribution in [-0.2, 0) is 13.1 Å². The first-order chi connectivity index (χ1) is 20.0. The maximum atomic E-state index is 12.8. The van der Waals surface area contributed by atoms with Crippen molar-refractivity contribution < 1.29 is 4.79 Å². The van der Waals surface area contributed by atoms with Crippen LogP contribution >= 0.6 is 27.5 Å². The largest absolute Gasteiger partial charge is 0.367 e. The van der Waals surface area contributed by atoms with Gasteiger partial charge in [0, 0.05) is 35.9 Å². The van der Waals surface area contributed by atoms with Crippen molar-refractivity contribution in [3.05, 3.63) is 129 Å². The van der Waals surface area contributed by atoms with Crippen molar-refractivity contribution in [1.29, 1.82) is 0 Å². The number of aryl methyl sites for hydroxylation is 1. The number of halogens is 2. The standard InChI is InChI=1S/C31H25BrClN7O/c1-20-29(38-40(37-20)23-7-3-2-4-8-23)31(41)35-19-22-13-11-21(12-14-22)18-34-28-17-27(24-9-5-6-10-26(24)33)36-30-25(32)15-16-39(28)30/h2-17,34H,18-19H2,1H3,(H,35,41). The fraction of sp³-hybridized carbons (Fsp3) is 0.0968. The molecule has 3 heterocycles. The van der Waals surface area contributed by atoms with Crippen LogP contribution in [0.25, 0.3) is 22.6 Å². The molecule has 2 N–H and O–H groups in total. The smallest absolute Gasteiger partial charge is 0.274 e. The van der Waals surface area contributed by atoms with Crippen LogP contribution < -0.4 is 10.6 Å². The molecule has 6 aromatic rings. The second kappa shape index (κ2) is 11.6. The average Bonchev–Trinajstić information content (AvgIpc) is 3.58. The summed E-state index contributed by atoms with van der Waals surface area (Å²) >= 11 is 10.1. The van der Waals surface area contributed by atoms with Crippen LogP contribution in [0.15, 0.2) is 102 Å². The molecule has 3 aromatic heterocycles. The lowest BCUT2D eigenvalue weighted by Gasteiger charge is -2.13. The third-order valence-electron chi connectivity index (χ3n) is 6.65. The quantitative estimate of drug-likeness (QED) is 0.193. The molecule has 6 rings (SSSR count). The van der Waals surface area contributed by atoms with Gasteiger partial charge < -0.3 is 10.6 Å². The average molecular weight is 627 g/mol. The number of aromatic nitrogens is 5. The van der Waals surface area contributed by atoms with Gasteiger partial charge in [-0.25, -0.2) is 4.98 Å². The first-order valence-electron chi connectivity index (χ1n) is 13.0. The molecule has 41 heavy (non-hydrogen) atoms. The molecular formula is C31H25BrClN7O. The van der Waals surface area contributed by atoms with E-state index in [1.165, 1.54) is 4.80 Å². The van der Waals surface area contributed by atoms with Crippen LogP contribution in [0.5, 0.6) is 0 Å². The fourth-order valence-corrected chi connectivity index (χ4v) is 5.12. The Balaban J connectivity index is 1.12. The van der Waals surface area contributed by atoms with Gasteiger partial charge in [0.05, 0.1) is 21.5 Å². The SMILES string of the molecule is Cc1nn(-c2ccccc2)nc1C(=O)NCc1ccc(CNc2cc(-c3ccccc3Cl)nc3c(Br)ccn23)cc1. The molecule has 0 atom stereocenters. The van der Waals surface area contributed by atoms with Crippen LogP contribution in [0.2, 0.25) is 5.02 Å². The van der Waals surface area contributed by atoms with Gasteiger partial charge in [0.2, 0.25) is 0 Å². The molecule has 0 bridgehead atoms. The van der Waals surface area contributed by atoms with E-state index in [0.717, 1.165) is 44.0 Å². The zero-order chi connectivity index (χ0) is 28.3. The number of hydrogen-bond acceptors (Lipinski definition) is 5. The Bertz CT molecular complexity index is 1850. The molecule has 0 saturated heterocycles. The maximum Gasteiger partial charge on any atom is 0.274 e. The summed E-state index contributed by atoms with van der Waals surface area (Å²) in [6.45, 7) is 2.77. The zero-order valence-corrected chi connectivity index (χ0v) is 24.4. The summed E-state index contributed by atoms with van der Waals surface area (Å²) in [4.78, 5) is 19.1. The van der Waals surface area contributed by atoms with Crippen molar-refractivity contribution in [2.24, 2.45) is 0 Å². The number of amides is 1. The second-order valence-electron chi connectivity index (χ2n) is 9.48. The number of para-hydroxylation sites is 1. The van der Waals surface area contributed by atoms with Gasteiger partial charge in [0.15, 0.2) is 11.3 Å². The molecule has 8 nitrogen and oxygen atoms in total. The summed E-state index contributed by atoms with van der Waals surface area (Å²) in [7, 11) is 0. The van der Waals surface area contributed by atoms with Crippen LogP contribution in [-0.4, -0.2) is 30.3 Å². The zero-order valence-electron chi connectivity index (χ0n) is 22.1. The molecule has 10 heteroatoms. The number of nitrogens with zero attached hydrogens (tertiary/aromatic N) is 5. The summed E-state index contributed by atoms with van der Waals surface area (Å²) in [5.74, 6) is 0.634. The van der Waals surface area contributed by atoms with E-state index in [9.17, 15) is 4.79 Å². The minimum atomic E-state index is -0.260. The molecule has 0 fully saturated rings. The lowest BCUT2D eigenvalue weighted by atomic mass is 10.1. The van der Waals surface area contributed by atoms with Crippen molar-refractivity contribution in [3.63, 3.8) is 0 Å². The van der Waals surface area contributed by atoms with E-state index in [1.807, 2.05) is 102 Å². The molecule has 0 aliphatic heterocycles. The van der Waals surface area contributed by atoms with Gasteiger partial charge in [0.25, 0.3) is 5.91 Å². The first kappa shape index (κ1) is 26.7. The Labute approximate surface area is 250 Å². The van der Waals surface area contributed by atoms with Crippen molar-refractivity contribution in [2.45, 2.75) is 20.0 Å². The van der Waals surface area contributed by atoms with Crippen molar-refractivity contribution in [3.8, 4) is 16.9 Å². The van der Waals surface area contributed by atoms with E-state index >= 15 is 0 Å². The molecule has 0 aliphatic carbocycles. The van der Waals surface area contributed by atoms with Gasteiger partial charge in [-0.2, -0.15) is 9.90 Å². The number of rotatable bonds is 8. The Hall–Kier alpha value is -4.47. The van der Waals surface area contributed by atoms with E-state index < -0.39 is 0 Å². The third-order valence-corrected chi connectivity index (χ3v) is 7.60. The molecule has 204 valence electrons. The molecule has 0 aliphatic rings. The summed E-state index contributed by atoms with van der Waals surface area (Å²) < 4.78 is 2.91. The van der Waals surface area contributed by atoms with E-state index in [4.69, 9.17) is 16.6 Å². The molecule has 0 saturated carbocycles. The highest BCUT2D eigenvalue weighted by molar-refractivity contribution is 9.10. The molecule has 0 unspecified atom stereocenters. The number of nitrogens with one attached hydrogen (secondary N) is 2. The Morgan fingerprint density at radius 3 is 2.37 bits per heavy atom. The van der Waals surface area contributed by atoms with Crippen LogP contribution in [0, 0.1) is 6.92 Å². The van der Waals surface area contributed by atoms with Gasteiger partial charge in [-0.15, -0.1) is 5.10 Å². The summed E-state index contributed by atoms with van der Waals surface area (Å²) in [5, 5.41) is 15.9. The minimum absolute atomic E-state index is 0.260. The van der Waals surface area contributed by atoms with E-state index in [2.05, 4.69) is 36.8 Å². The summed E-state index contributed by atoms with van der Waals surface area (Å²) in [6.07, 6.45) is 1.97. The highest BCUT2D eigenvalue weighted by atomic mass is 79.9. The van der Waals surface area contributed by atoms with Crippen molar-refractivity contribution in [1.82, 2.24) is 29.7 Å². The number of anilines is 1. The van der Waals surface area contributed by atoms with E-state index in [1.54, 1.807) is 6.92 Å². The van der Waals surface area contributed by atoms with E-state index in [-0.39, 0.29) is 5.91 Å². The third kappa shape index (κ3) is 5.73. The van der Waals surface area contributed by atoms with Crippen molar-refractivity contribution in [2.75, 3.05) is 5.32 Å². The topological polar surface area (TPSA) is 89.1 Å². The molecular weight excluding hydrogens is 602 g/mol. The Morgan fingerprint density at radius 1 is 0.902 bits per heavy atom. The van der Waals surface area contributed by atoms with Gasteiger partial charge in [0.1, 0.15) is 5.82 Å². The normalized spacial score (nSPS) is 11.1. The van der Waals surface area contributed by atoms with Crippen LogP contribution in [0.1, 0.15) is 27.3 Å². The first-order valence-corrected chi connectivity index (χ1v) is 14.1. The van der Waals surface area contributed by atoms with Gasteiger partial charge in [-0.3, -0.25) is 9.20 Å². The molecule has 0 radical (unpaired) electrons. The number of fused-ring (bicyclic) bond motifs is 1. The summed E-state index contributed by atoms with van der Waals surface area (Å²) in [6, 6.07) is 29.3. The van der Waals surface area contributed by atoms with Crippen LogP contribution in [0.3, 0.4) is 0 Å². The second-order valence-corrected chi connectivity index (χ2v) is 10.7. The predicted octanol–water partition coefficient (Wildman–Crippen LogP) is 6.85. The summed E-state index contributed by atoms with van der Waals surface area (Å²) in [5.41, 5.74) is 6.23. The Morgan fingerprint density at radius 2 is 1.61 bits per heavy atom. The minimum Gasteiger partial charge on any atom is -0.367 e. The number of carbonyl (C=O) groups is 1. The molecule has 0 spiro atoms. The highest BCUT2D eigenvalue weighted by Gasteiger charge is 2.16. The lowest BCUT2D eigenvalue weighted by Crippen LogP contribution is -2.24. The van der Waals surface area contributed by atoms with Crippen molar-refractivity contribution >= 4 is 44.9 Å². The Kier molecular flexibility index (Phi) is 7.54. The van der Waals surface area contributed by atoms with Gasteiger partial charge >= 0.3 is 0 Å². The van der Waals surface area contributed by atoms with Gasteiger partial charge in [-0.05, 0) is 58.2 Å². The fourth-order valence-electron chi connectivity index (χ4n) is 4.49. The molecule has 3 aromatic carbocycles.